The van der Waals surface area contributed by atoms with Crippen molar-refractivity contribution in [1.29, 1.82) is 0 Å². The molecule has 0 saturated heterocycles. The van der Waals surface area contributed by atoms with Crippen LogP contribution in [0.3, 0.4) is 0 Å². The zero-order valence-corrected chi connectivity index (χ0v) is 23.3. The third kappa shape index (κ3) is 7.13. The van der Waals surface area contributed by atoms with Gasteiger partial charge in [0.25, 0.3) is 0 Å². The third-order valence-corrected chi connectivity index (χ3v) is 8.92. The van der Waals surface area contributed by atoms with Gasteiger partial charge in [0.1, 0.15) is 18.4 Å². The summed E-state index contributed by atoms with van der Waals surface area (Å²) < 4.78 is 41.7. The number of amides is 2. The van der Waals surface area contributed by atoms with Crippen molar-refractivity contribution in [2.75, 3.05) is 24.9 Å². The molecule has 1 fully saturated rings. The molecule has 2 aromatic carbocycles. The monoisotopic (exact) mass is 572 g/mol. The fourth-order valence-corrected chi connectivity index (χ4v) is 5.73. The van der Waals surface area contributed by atoms with Gasteiger partial charge in [0, 0.05) is 42.3 Å². The first-order chi connectivity index (χ1) is 17.4. The molecule has 1 aliphatic rings. The van der Waals surface area contributed by atoms with Crippen LogP contribution in [0.15, 0.2) is 42.5 Å². The first-order valence-corrected chi connectivity index (χ1v) is 14.1. The zero-order chi connectivity index (χ0) is 27.3. The Labute approximate surface area is 227 Å². The Hall–Kier alpha value is -2.40. The molecule has 0 heterocycles. The van der Waals surface area contributed by atoms with Crippen LogP contribution >= 0.6 is 23.2 Å². The van der Waals surface area contributed by atoms with E-state index in [4.69, 9.17) is 23.2 Å². The van der Waals surface area contributed by atoms with Crippen molar-refractivity contribution in [3.63, 3.8) is 0 Å². The standard InChI is InChI=1S/C25H31Cl2FN4O4S/c1-17(25(34)29-19-7-4-5-8-19)31(15-21-22(26)9-6-10-23(21)27)24(33)16-32(37(35,36)30(2)3)20-13-11-18(28)12-14-20/h6,9-14,17,19H,4-5,7-8,15-16H2,1-3H3,(H,29,34)/t17-/m0/s1. The van der Waals surface area contributed by atoms with E-state index in [1.165, 1.54) is 31.1 Å². The average Bonchev–Trinajstić information content (AvgIpc) is 3.35. The number of halogens is 3. The number of hydrogen-bond donors (Lipinski definition) is 1. The van der Waals surface area contributed by atoms with Gasteiger partial charge in [0.15, 0.2) is 0 Å². The van der Waals surface area contributed by atoms with Crippen LogP contribution in [0.1, 0.15) is 38.2 Å². The van der Waals surface area contributed by atoms with Gasteiger partial charge in [0.05, 0.1) is 5.69 Å². The molecule has 37 heavy (non-hydrogen) atoms. The summed E-state index contributed by atoms with van der Waals surface area (Å²) in [6.45, 7) is 0.834. The van der Waals surface area contributed by atoms with Gasteiger partial charge in [-0.05, 0) is 56.2 Å². The van der Waals surface area contributed by atoms with Crippen molar-refractivity contribution in [1.82, 2.24) is 14.5 Å². The number of anilines is 1. The second-order valence-corrected chi connectivity index (χ2v) is 12.0. The maximum Gasteiger partial charge on any atom is 0.304 e. The summed E-state index contributed by atoms with van der Waals surface area (Å²) in [5.74, 6) is -1.56. The first kappa shape index (κ1) is 29.2. The van der Waals surface area contributed by atoms with Gasteiger partial charge in [-0.15, -0.1) is 0 Å². The Kier molecular flexibility index (Phi) is 9.80. The van der Waals surface area contributed by atoms with E-state index in [-0.39, 0.29) is 24.2 Å². The lowest BCUT2D eigenvalue weighted by molar-refractivity contribution is -0.139. The van der Waals surface area contributed by atoms with E-state index in [2.05, 4.69) is 5.32 Å². The Morgan fingerprint density at radius 1 is 1.05 bits per heavy atom. The van der Waals surface area contributed by atoms with E-state index in [1.54, 1.807) is 25.1 Å². The molecule has 0 unspecified atom stereocenters. The molecule has 1 saturated carbocycles. The van der Waals surface area contributed by atoms with Crippen molar-refractivity contribution in [2.45, 2.75) is 51.2 Å². The van der Waals surface area contributed by atoms with Crippen molar-refractivity contribution >= 4 is 50.9 Å². The first-order valence-electron chi connectivity index (χ1n) is 11.9. The molecule has 0 bridgehead atoms. The van der Waals surface area contributed by atoms with E-state index in [0.717, 1.165) is 46.4 Å². The summed E-state index contributed by atoms with van der Waals surface area (Å²) >= 11 is 12.7. The molecule has 3 rings (SSSR count). The molecule has 0 spiro atoms. The van der Waals surface area contributed by atoms with E-state index in [1.807, 2.05) is 0 Å². The topological polar surface area (TPSA) is 90.0 Å². The van der Waals surface area contributed by atoms with Crippen LogP contribution < -0.4 is 9.62 Å². The normalized spacial score (nSPS) is 15.0. The quantitative estimate of drug-likeness (QED) is 0.461. The second kappa shape index (κ2) is 12.4. The van der Waals surface area contributed by atoms with Crippen LogP contribution in [0, 0.1) is 5.82 Å². The SMILES string of the molecule is C[C@@H](C(=O)NC1CCCC1)N(Cc1c(Cl)cccc1Cl)C(=O)CN(c1ccc(F)cc1)S(=O)(=O)N(C)C. The molecular weight excluding hydrogens is 542 g/mol. The second-order valence-electron chi connectivity index (χ2n) is 9.16. The fraction of sp³-hybridized carbons (Fsp3) is 0.440. The number of nitrogens with zero attached hydrogens (tertiary/aromatic N) is 3. The minimum Gasteiger partial charge on any atom is -0.352 e. The lowest BCUT2D eigenvalue weighted by Crippen LogP contribution is -2.53. The minimum atomic E-state index is -4.14. The summed E-state index contributed by atoms with van der Waals surface area (Å²) in [5.41, 5.74) is 0.533. The Bertz CT molecular complexity index is 1200. The van der Waals surface area contributed by atoms with Gasteiger partial charge in [-0.1, -0.05) is 42.1 Å². The number of carbonyl (C=O) groups is 2. The molecular formula is C25H31Cl2FN4O4S. The fourth-order valence-electron chi connectivity index (χ4n) is 4.15. The van der Waals surface area contributed by atoms with Crippen LogP contribution in [0.5, 0.6) is 0 Å². The summed E-state index contributed by atoms with van der Waals surface area (Å²) in [5, 5.41) is 3.61. The van der Waals surface area contributed by atoms with Gasteiger partial charge >= 0.3 is 10.2 Å². The number of carbonyl (C=O) groups excluding carboxylic acids is 2. The van der Waals surface area contributed by atoms with Crippen molar-refractivity contribution in [2.24, 2.45) is 0 Å². The number of hydrogen-bond acceptors (Lipinski definition) is 4. The average molecular weight is 574 g/mol. The summed E-state index contributed by atoms with van der Waals surface area (Å²) in [6.07, 6.45) is 3.77. The molecule has 1 aliphatic carbocycles. The van der Waals surface area contributed by atoms with Crippen LogP contribution in [-0.2, 0) is 26.3 Å². The van der Waals surface area contributed by atoms with E-state index in [9.17, 15) is 22.4 Å². The van der Waals surface area contributed by atoms with Crippen molar-refractivity contribution in [3.05, 3.63) is 63.9 Å². The Balaban J connectivity index is 1.96. The number of nitrogens with one attached hydrogen (secondary N) is 1. The number of benzene rings is 2. The Morgan fingerprint density at radius 2 is 1.62 bits per heavy atom. The summed E-state index contributed by atoms with van der Waals surface area (Å²) in [6, 6.07) is 8.75. The predicted octanol–water partition coefficient (Wildman–Crippen LogP) is 4.22. The highest BCUT2D eigenvalue weighted by Gasteiger charge is 2.34. The maximum absolute atomic E-state index is 13.7. The van der Waals surface area contributed by atoms with E-state index < -0.39 is 34.5 Å². The Morgan fingerprint density at radius 3 is 2.16 bits per heavy atom. The highest BCUT2D eigenvalue weighted by Crippen LogP contribution is 2.28. The highest BCUT2D eigenvalue weighted by molar-refractivity contribution is 7.90. The predicted molar refractivity (Wildman–Crippen MR) is 143 cm³/mol. The van der Waals surface area contributed by atoms with Crippen molar-refractivity contribution < 1.29 is 22.4 Å². The lowest BCUT2D eigenvalue weighted by Gasteiger charge is -2.33. The molecule has 1 atom stereocenters. The van der Waals surface area contributed by atoms with Gasteiger partial charge in [0.2, 0.25) is 11.8 Å². The van der Waals surface area contributed by atoms with Crippen LogP contribution in [-0.4, -0.2) is 62.2 Å². The minimum absolute atomic E-state index is 0.0284. The van der Waals surface area contributed by atoms with Gasteiger partial charge in [-0.2, -0.15) is 12.7 Å². The smallest absolute Gasteiger partial charge is 0.304 e. The van der Waals surface area contributed by atoms with E-state index >= 15 is 0 Å². The molecule has 1 N–H and O–H groups in total. The van der Waals surface area contributed by atoms with E-state index in [0.29, 0.717) is 15.6 Å². The van der Waals surface area contributed by atoms with Crippen molar-refractivity contribution in [3.8, 4) is 0 Å². The van der Waals surface area contributed by atoms with Gasteiger partial charge in [-0.25, -0.2) is 8.70 Å². The van der Waals surface area contributed by atoms with Gasteiger partial charge < -0.3 is 10.2 Å². The molecule has 2 aromatic rings. The van der Waals surface area contributed by atoms with Crippen LogP contribution in [0.25, 0.3) is 0 Å². The molecule has 2 amide bonds. The molecule has 12 heteroatoms. The molecule has 8 nitrogen and oxygen atoms in total. The lowest BCUT2D eigenvalue weighted by atomic mass is 10.1. The molecule has 202 valence electrons. The maximum atomic E-state index is 13.7. The summed E-state index contributed by atoms with van der Waals surface area (Å²) in [4.78, 5) is 28.1. The number of rotatable bonds is 10. The highest BCUT2D eigenvalue weighted by atomic mass is 35.5. The summed E-state index contributed by atoms with van der Waals surface area (Å²) in [7, 11) is -1.49. The molecule has 0 radical (unpaired) electrons. The molecule has 0 aromatic heterocycles. The molecule has 0 aliphatic heterocycles. The van der Waals surface area contributed by atoms with Gasteiger partial charge in [-0.3, -0.25) is 9.59 Å². The van der Waals surface area contributed by atoms with Crippen LogP contribution in [0.4, 0.5) is 10.1 Å². The van der Waals surface area contributed by atoms with Crippen LogP contribution in [0.2, 0.25) is 10.0 Å². The third-order valence-electron chi connectivity index (χ3n) is 6.39. The largest absolute Gasteiger partial charge is 0.352 e. The zero-order valence-electron chi connectivity index (χ0n) is 21.0.